The van der Waals surface area contributed by atoms with E-state index in [4.69, 9.17) is 4.74 Å². The first kappa shape index (κ1) is 13.3. The van der Waals surface area contributed by atoms with Gasteiger partial charge in [0.2, 0.25) is 0 Å². The molecule has 1 N–H and O–H groups in total. The van der Waals surface area contributed by atoms with Gasteiger partial charge in [-0.25, -0.2) is 4.98 Å². The van der Waals surface area contributed by atoms with Crippen molar-refractivity contribution in [3.8, 4) is 5.75 Å². The van der Waals surface area contributed by atoms with E-state index < -0.39 is 0 Å². The number of halogens is 2. The molecule has 1 aromatic carbocycles. The lowest BCUT2D eigenvalue weighted by molar-refractivity contribution is 0.299. The average molecular weight is 373 g/mol. The molecule has 0 atom stereocenters. The maximum atomic E-state index is 5.66. The van der Waals surface area contributed by atoms with Gasteiger partial charge in [-0.1, -0.05) is 15.9 Å². The van der Waals surface area contributed by atoms with Crippen LogP contribution in [-0.2, 0) is 6.61 Å². The van der Waals surface area contributed by atoms with Crippen LogP contribution in [0.25, 0.3) is 0 Å². The number of hydrogen-bond donors (Lipinski definition) is 1. The molecule has 0 aliphatic carbocycles. The molecule has 0 saturated heterocycles. The van der Waals surface area contributed by atoms with Crippen molar-refractivity contribution < 1.29 is 4.74 Å². The van der Waals surface area contributed by atoms with Gasteiger partial charge in [0, 0.05) is 11.5 Å². The number of rotatable bonds is 4. The minimum atomic E-state index is 0.386. The van der Waals surface area contributed by atoms with Crippen LogP contribution >= 0.6 is 31.9 Å². The van der Waals surface area contributed by atoms with Gasteiger partial charge < -0.3 is 10.1 Å². The summed E-state index contributed by atoms with van der Waals surface area (Å²) >= 11 is 6.84. The normalized spacial score (nSPS) is 10.2. The third-order valence-corrected chi connectivity index (χ3v) is 3.34. The second-order valence-electron chi connectivity index (χ2n) is 3.51. The van der Waals surface area contributed by atoms with Crippen LogP contribution < -0.4 is 10.1 Å². The topological polar surface area (TPSA) is 47.0 Å². The molecule has 0 unspecified atom stereocenters. The molecule has 0 aliphatic heterocycles. The van der Waals surface area contributed by atoms with Crippen molar-refractivity contribution in [2.75, 3.05) is 12.4 Å². The van der Waals surface area contributed by atoms with Crippen LogP contribution in [0, 0.1) is 0 Å². The van der Waals surface area contributed by atoms with Crippen molar-refractivity contribution in [2.24, 2.45) is 0 Å². The Morgan fingerprint density at radius 1 is 1.22 bits per heavy atom. The zero-order chi connectivity index (χ0) is 13.0. The molecule has 1 aromatic heterocycles. The summed E-state index contributed by atoms with van der Waals surface area (Å²) in [6.45, 7) is 0.386. The summed E-state index contributed by atoms with van der Waals surface area (Å²) in [5, 5.41) is 2.92. The Hall–Kier alpha value is -1.14. The molecule has 94 valence electrons. The van der Waals surface area contributed by atoms with E-state index in [2.05, 4.69) is 47.1 Å². The van der Waals surface area contributed by atoms with Gasteiger partial charge in [-0.05, 0) is 34.1 Å². The molecular weight excluding hydrogens is 362 g/mol. The largest absolute Gasteiger partial charge is 0.486 e. The quantitative estimate of drug-likeness (QED) is 0.890. The molecule has 0 radical (unpaired) electrons. The maximum absolute atomic E-state index is 5.66. The first-order valence-electron chi connectivity index (χ1n) is 5.25. The Morgan fingerprint density at radius 2 is 2.06 bits per heavy atom. The number of hydrogen-bond acceptors (Lipinski definition) is 4. The summed E-state index contributed by atoms with van der Waals surface area (Å²) in [4.78, 5) is 8.41. The van der Waals surface area contributed by atoms with E-state index in [0.717, 1.165) is 26.2 Å². The summed E-state index contributed by atoms with van der Waals surface area (Å²) < 4.78 is 7.56. The first-order chi connectivity index (χ1) is 8.69. The van der Waals surface area contributed by atoms with Gasteiger partial charge in [0.05, 0.1) is 22.6 Å². The molecule has 0 bridgehead atoms. The van der Waals surface area contributed by atoms with E-state index in [0.29, 0.717) is 6.61 Å². The highest BCUT2D eigenvalue weighted by Crippen LogP contribution is 2.28. The van der Waals surface area contributed by atoms with Crippen molar-refractivity contribution in [3.63, 3.8) is 0 Å². The zero-order valence-corrected chi connectivity index (χ0v) is 12.8. The molecule has 2 aromatic rings. The van der Waals surface area contributed by atoms with Gasteiger partial charge >= 0.3 is 0 Å². The van der Waals surface area contributed by atoms with Crippen LogP contribution in [0.2, 0.25) is 0 Å². The van der Waals surface area contributed by atoms with E-state index in [1.807, 2.05) is 18.2 Å². The predicted octanol–water partition coefficient (Wildman–Crippen LogP) is 3.62. The Balaban J connectivity index is 2.02. The second-order valence-corrected chi connectivity index (χ2v) is 5.28. The third-order valence-electron chi connectivity index (χ3n) is 2.23. The lowest BCUT2D eigenvalue weighted by Crippen LogP contribution is -2.01. The molecule has 0 spiro atoms. The van der Waals surface area contributed by atoms with Gasteiger partial charge in [0.15, 0.2) is 0 Å². The molecule has 1 heterocycles. The van der Waals surface area contributed by atoms with Gasteiger partial charge in [-0.15, -0.1) is 0 Å². The van der Waals surface area contributed by atoms with Crippen molar-refractivity contribution in [2.45, 2.75) is 6.61 Å². The van der Waals surface area contributed by atoms with Crippen LogP contribution in [0.1, 0.15) is 5.69 Å². The number of nitrogens with one attached hydrogen (secondary N) is 1. The molecule has 6 heteroatoms. The lowest BCUT2D eigenvalue weighted by Gasteiger charge is -2.08. The minimum absolute atomic E-state index is 0.386. The first-order valence-corrected chi connectivity index (χ1v) is 6.84. The Morgan fingerprint density at radius 3 is 2.67 bits per heavy atom. The van der Waals surface area contributed by atoms with E-state index in [-0.39, 0.29) is 0 Å². The molecule has 2 rings (SSSR count). The molecule has 18 heavy (non-hydrogen) atoms. The van der Waals surface area contributed by atoms with E-state index in [1.54, 1.807) is 19.4 Å². The fourth-order valence-electron chi connectivity index (χ4n) is 1.30. The highest BCUT2D eigenvalue weighted by Gasteiger charge is 2.03. The predicted molar refractivity (Wildman–Crippen MR) is 77.8 cm³/mol. The smallest absolute Gasteiger partial charge is 0.144 e. The van der Waals surface area contributed by atoms with Crippen molar-refractivity contribution in [3.05, 3.63) is 45.2 Å². The minimum Gasteiger partial charge on any atom is -0.486 e. The van der Waals surface area contributed by atoms with Gasteiger partial charge in [-0.3, -0.25) is 4.98 Å². The van der Waals surface area contributed by atoms with E-state index in [1.165, 1.54) is 0 Å². The van der Waals surface area contributed by atoms with Crippen LogP contribution in [0.15, 0.2) is 39.5 Å². The molecule has 0 aliphatic rings. The maximum Gasteiger partial charge on any atom is 0.144 e. The number of benzene rings is 1. The van der Waals surface area contributed by atoms with Crippen LogP contribution in [-0.4, -0.2) is 17.0 Å². The fraction of sp³-hybridized carbons (Fsp3) is 0.167. The average Bonchev–Trinajstić information content (AvgIpc) is 2.38. The number of nitrogens with zero attached hydrogens (tertiary/aromatic N) is 2. The lowest BCUT2D eigenvalue weighted by atomic mass is 10.3. The summed E-state index contributed by atoms with van der Waals surface area (Å²) in [5.41, 5.74) is 0.781. The summed E-state index contributed by atoms with van der Waals surface area (Å²) in [5.74, 6) is 1.52. The zero-order valence-electron chi connectivity index (χ0n) is 9.65. The van der Waals surface area contributed by atoms with Gasteiger partial charge in [0.1, 0.15) is 18.2 Å². The summed E-state index contributed by atoms with van der Waals surface area (Å²) in [6.07, 6.45) is 3.37. The molecular formula is C12H11Br2N3O. The van der Waals surface area contributed by atoms with Crippen molar-refractivity contribution >= 4 is 37.7 Å². The van der Waals surface area contributed by atoms with Crippen LogP contribution in [0.4, 0.5) is 5.82 Å². The second kappa shape index (κ2) is 6.15. The van der Waals surface area contributed by atoms with Crippen molar-refractivity contribution in [1.82, 2.24) is 9.97 Å². The number of anilines is 1. The fourth-order valence-corrected chi connectivity index (χ4v) is 2.46. The summed E-state index contributed by atoms with van der Waals surface area (Å²) in [7, 11) is 1.80. The van der Waals surface area contributed by atoms with Gasteiger partial charge in [-0.2, -0.15) is 0 Å². The van der Waals surface area contributed by atoms with Crippen LogP contribution in [0.5, 0.6) is 5.75 Å². The summed E-state index contributed by atoms with van der Waals surface area (Å²) in [6, 6.07) is 5.75. The van der Waals surface area contributed by atoms with Crippen LogP contribution in [0.3, 0.4) is 0 Å². The highest BCUT2D eigenvalue weighted by atomic mass is 79.9. The van der Waals surface area contributed by atoms with E-state index >= 15 is 0 Å². The molecule has 0 amide bonds. The molecule has 4 nitrogen and oxygen atoms in total. The van der Waals surface area contributed by atoms with Gasteiger partial charge in [0.25, 0.3) is 0 Å². The van der Waals surface area contributed by atoms with Crippen molar-refractivity contribution in [1.29, 1.82) is 0 Å². The standard InChI is InChI=1S/C12H11Br2N3O/c1-15-12-6-16-9(5-17-12)7-18-11-3-2-8(13)4-10(11)14/h2-6H,7H2,1H3,(H,15,17). The Kier molecular flexibility index (Phi) is 4.54. The Labute approximate surface area is 122 Å². The van der Waals surface area contributed by atoms with E-state index in [9.17, 15) is 0 Å². The number of ether oxygens (including phenoxy) is 1. The monoisotopic (exact) mass is 371 g/mol. The highest BCUT2D eigenvalue weighted by molar-refractivity contribution is 9.11. The SMILES string of the molecule is CNc1cnc(COc2ccc(Br)cc2Br)cn1. The Bertz CT molecular complexity index is 531. The third kappa shape index (κ3) is 3.43. The molecule has 0 saturated carbocycles. The number of aromatic nitrogens is 2. The molecule has 0 fully saturated rings.